The quantitative estimate of drug-likeness (QED) is 0.170. The second-order valence-corrected chi connectivity index (χ2v) is 16.7. The Bertz CT molecular complexity index is 3480. The van der Waals surface area contributed by atoms with E-state index in [0.717, 1.165) is 22.7 Å². The monoisotopic (exact) mass is 748 g/mol. The van der Waals surface area contributed by atoms with Crippen LogP contribution in [0.1, 0.15) is 0 Å². The molecule has 0 spiro atoms. The van der Waals surface area contributed by atoms with Gasteiger partial charge in [0.25, 0.3) is 0 Å². The highest BCUT2D eigenvalue weighted by atomic mass is 32.1. The van der Waals surface area contributed by atoms with Crippen molar-refractivity contribution >= 4 is 113 Å². The van der Waals surface area contributed by atoms with Gasteiger partial charge in [0.05, 0.1) is 16.7 Å². The standard InChI is InChI=1S/C52H32N2S2/c1-3-13-33(14-4-1)34-23-26-42-45(29-34)54(38-25-28-50-44(32-38)41-20-10-12-22-48(41)56-50)52-39-18-8-7-15-35(39)30-46(51(42)52)53(36-16-5-2-6-17-36)37-24-27-49-43(31-37)40-19-9-11-21-47(40)55-49/h1-32H. The van der Waals surface area contributed by atoms with Gasteiger partial charge in [-0.15, -0.1) is 22.7 Å². The van der Waals surface area contributed by atoms with Crippen LogP contribution in [0.4, 0.5) is 17.1 Å². The number of aromatic nitrogens is 1. The molecule has 262 valence electrons. The molecular weight excluding hydrogens is 717 g/mol. The number of anilines is 3. The molecule has 0 aliphatic heterocycles. The van der Waals surface area contributed by atoms with E-state index in [1.807, 2.05) is 22.7 Å². The minimum atomic E-state index is 1.12. The second kappa shape index (κ2) is 12.4. The molecule has 0 atom stereocenters. The highest BCUT2D eigenvalue weighted by Gasteiger charge is 2.25. The Labute approximate surface area is 331 Å². The van der Waals surface area contributed by atoms with Crippen LogP contribution in [0.3, 0.4) is 0 Å². The summed E-state index contributed by atoms with van der Waals surface area (Å²) in [6, 6.07) is 71.6. The molecule has 0 radical (unpaired) electrons. The van der Waals surface area contributed by atoms with Gasteiger partial charge in [0.2, 0.25) is 0 Å². The molecule has 0 amide bonds. The lowest BCUT2D eigenvalue weighted by molar-refractivity contribution is 1.19. The Morgan fingerprint density at radius 3 is 1.73 bits per heavy atom. The van der Waals surface area contributed by atoms with Gasteiger partial charge in [0.15, 0.2) is 0 Å². The van der Waals surface area contributed by atoms with Gasteiger partial charge < -0.3 is 9.47 Å². The number of para-hydroxylation sites is 1. The summed E-state index contributed by atoms with van der Waals surface area (Å²) in [7, 11) is 0. The second-order valence-electron chi connectivity index (χ2n) is 14.5. The summed E-state index contributed by atoms with van der Waals surface area (Å²) < 4.78 is 7.76. The topological polar surface area (TPSA) is 8.17 Å². The van der Waals surface area contributed by atoms with Crippen molar-refractivity contribution in [2.45, 2.75) is 0 Å². The highest BCUT2D eigenvalue weighted by Crippen LogP contribution is 2.49. The molecule has 12 aromatic rings. The fourth-order valence-electron chi connectivity index (χ4n) is 8.83. The zero-order valence-electron chi connectivity index (χ0n) is 30.2. The number of nitrogens with zero attached hydrogens (tertiary/aromatic N) is 2. The molecule has 4 heteroatoms. The minimum Gasteiger partial charge on any atom is -0.310 e. The SMILES string of the molecule is c1ccc(-c2ccc3c4c(N(c5ccccc5)c5ccc6sc7ccccc7c6c5)cc5ccccc5c4n(-c4ccc5sc6ccccc6c5c4)c3c2)cc1. The third kappa shape index (κ3) is 4.80. The number of fused-ring (bicyclic) bond motifs is 11. The zero-order valence-corrected chi connectivity index (χ0v) is 31.8. The molecule has 12 rings (SSSR count). The van der Waals surface area contributed by atoms with Crippen LogP contribution in [-0.2, 0) is 0 Å². The van der Waals surface area contributed by atoms with E-state index in [9.17, 15) is 0 Å². The van der Waals surface area contributed by atoms with Gasteiger partial charge in [-0.3, -0.25) is 0 Å². The maximum Gasteiger partial charge on any atom is 0.0640 e. The number of thiophene rings is 2. The van der Waals surface area contributed by atoms with E-state index in [0.29, 0.717) is 0 Å². The molecule has 0 N–H and O–H groups in total. The average Bonchev–Trinajstić information content (AvgIpc) is 3.94. The largest absolute Gasteiger partial charge is 0.310 e. The Balaban J connectivity index is 1.23. The van der Waals surface area contributed by atoms with Crippen LogP contribution in [0.5, 0.6) is 0 Å². The summed E-state index contributed by atoms with van der Waals surface area (Å²) in [5, 5.41) is 10.1. The van der Waals surface area contributed by atoms with Gasteiger partial charge in [-0.25, -0.2) is 0 Å². The maximum atomic E-state index is 2.54. The van der Waals surface area contributed by atoms with Crippen molar-refractivity contribution in [3.05, 3.63) is 194 Å². The molecule has 0 aliphatic carbocycles. The highest BCUT2D eigenvalue weighted by molar-refractivity contribution is 7.26. The van der Waals surface area contributed by atoms with Crippen molar-refractivity contribution in [3.8, 4) is 16.8 Å². The van der Waals surface area contributed by atoms with E-state index in [-0.39, 0.29) is 0 Å². The van der Waals surface area contributed by atoms with Gasteiger partial charge >= 0.3 is 0 Å². The lowest BCUT2D eigenvalue weighted by Gasteiger charge is -2.27. The van der Waals surface area contributed by atoms with Gasteiger partial charge in [-0.05, 0) is 89.3 Å². The first-order valence-corrected chi connectivity index (χ1v) is 20.6. The molecule has 3 aromatic heterocycles. The van der Waals surface area contributed by atoms with E-state index < -0.39 is 0 Å². The van der Waals surface area contributed by atoms with E-state index in [1.165, 1.54) is 84.0 Å². The lowest BCUT2D eigenvalue weighted by Crippen LogP contribution is -2.10. The lowest BCUT2D eigenvalue weighted by atomic mass is 10.00. The molecule has 3 heterocycles. The van der Waals surface area contributed by atoms with Crippen molar-refractivity contribution < 1.29 is 0 Å². The van der Waals surface area contributed by atoms with Gasteiger partial charge in [0, 0.05) is 73.6 Å². The van der Waals surface area contributed by atoms with Crippen LogP contribution in [0.2, 0.25) is 0 Å². The molecule has 0 aliphatic rings. The van der Waals surface area contributed by atoms with Crippen LogP contribution in [0, 0.1) is 0 Å². The van der Waals surface area contributed by atoms with Crippen LogP contribution >= 0.6 is 22.7 Å². The van der Waals surface area contributed by atoms with Gasteiger partial charge in [0.1, 0.15) is 0 Å². The van der Waals surface area contributed by atoms with Crippen molar-refractivity contribution in [1.29, 1.82) is 0 Å². The minimum absolute atomic E-state index is 1.12. The van der Waals surface area contributed by atoms with E-state index in [2.05, 4.69) is 204 Å². The maximum absolute atomic E-state index is 2.54. The Morgan fingerprint density at radius 2 is 0.982 bits per heavy atom. The molecule has 9 aromatic carbocycles. The van der Waals surface area contributed by atoms with E-state index in [1.54, 1.807) is 0 Å². The number of benzene rings is 9. The van der Waals surface area contributed by atoms with Crippen LogP contribution in [-0.4, -0.2) is 4.57 Å². The summed E-state index contributed by atoms with van der Waals surface area (Å²) >= 11 is 3.73. The first kappa shape index (κ1) is 31.6. The molecule has 56 heavy (non-hydrogen) atoms. The van der Waals surface area contributed by atoms with Crippen molar-refractivity contribution in [3.63, 3.8) is 0 Å². The summed E-state index contributed by atoms with van der Waals surface area (Å²) in [4.78, 5) is 2.48. The fraction of sp³-hybridized carbons (Fsp3) is 0. The summed E-state index contributed by atoms with van der Waals surface area (Å²) in [5.41, 5.74) is 9.37. The predicted octanol–water partition coefficient (Wildman–Crippen LogP) is 15.8. The van der Waals surface area contributed by atoms with Crippen molar-refractivity contribution in [2.24, 2.45) is 0 Å². The molecule has 0 saturated heterocycles. The Hall–Kier alpha value is -6.72. The van der Waals surface area contributed by atoms with E-state index >= 15 is 0 Å². The zero-order chi connectivity index (χ0) is 36.7. The normalized spacial score (nSPS) is 11.9. The molecule has 0 saturated carbocycles. The third-order valence-electron chi connectivity index (χ3n) is 11.3. The molecular formula is C52H32N2S2. The van der Waals surface area contributed by atoms with Gasteiger partial charge in [-0.2, -0.15) is 0 Å². The van der Waals surface area contributed by atoms with Gasteiger partial charge in [-0.1, -0.05) is 121 Å². The third-order valence-corrected chi connectivity index (χ3v) is 13.6. The number of hydrogen-bond donors (Lipinski definition) is 0. The smallest absolute Gasteiger partial charge is 0.0640 e. The molecule has 0 bridgehead atoms. The number of rotatable bonds is 5. The molecule has 0 fully saturated rings. The van der Waals surface area contributed by atoms with Crippen LogP contribution in [0.25, 0.3) is 89.7 Å². The van der Waals surface area contributed by atoms with Crippen molar-refractivity contribution in [2.75, 3.05) is 4.90 Å². The van der Waals surface area contributed by atoms with Crippen LogP contribution in [0.15, 0.2) is 194 Å². The summed E-state index contributed by atoms with van der Waals surface area (Å²) in [5.74, 6) is 0. The van der Waals surface area contributed by atoms with Crippen molar-refractivity contribution in [1.82, 2.24) is 4.57 Å². The fourth-order valence-corrected chi connectivity index (χ4v) is 11.0. The summed E-state index contributed by atoms with van der Waals surface area (Å²) in [6.45, 7) is 0. The predicted molar refractivity (Wildman–Crippen MR) is 244 cm³/mol. The molecule has 2 nitrogen and oxygen atoms in total. The van der Waals surface area contributed by atoms with E-state index in [4.69, 9.17) is 0 Å². The summed E-state index contributed by atoms with van der Waals surface area (Å²) in [6.07, 6.45) is 0. The molecule has 0 unspecified atom stereocenters. The Kier molecular flexibility index (Phi) is 7.00. The van der Waals surface area contributed by atoms with Crippen LogP contribution < -0.4 is 4.90 Å². The average molecular weight is 749 g/mol. The number of hydrogen-bond acceptors (Lipinski definition) is 3. The Morgan fingerprint density at radius 1 is 0.375 bits per heavy atom. The first-order chi connectivity index (χ1) is 27.8. The first-order valence-electron chi connectivity index (χ1n) is 19.0.